The van der Waals surface area contributed by atoms with E-state index in [9.17, 15) is 9.59 Å². The van der Waals surface area contributed by atoms with Crippen molar-refractivity contribution < 1.29 is 9.59 Å². The smallest absolute Gasteiger partial charge is 0.255 e. The van der Waals surface area contributed by atoms with Crippen molar-refractivity contribution in [3.63, 3.8) is 0 Å². The van der Waals surface area contributed by atoms with E-state index in [1.807, 2.05) is 26.6 Å². The van der Waals surface area contributed by atoms with Crippen LogP contribution in [0.2, 0.25) is 0 Å². The van der Waals surface area contributed by atoms with E-state index in [1.54, 1.807) is 0 Å². The van der Waals surface area contributed by atoms with Gasteiger partial charge in [0, 0.05) is 43.9 Å². The van der Waals surface area contributed by atoms with E-state index in [2.05, 4.69) is 28.6 Å². The summed E-state index contributed by atoms with van der Waals surface area (Å²) in [6.07, 6.45) is 2.48. The molecule has 1 fully saturated rings. The van der Waals surface area contributed by atoms with Gasteiger partial charge in [0.25, 0.3) is 5.91 Å². The zero-order valence-electron chi connectivity index (χ0n) is 16.5. The second-order valence-corrected chi connectivity index (χ2v) is 8.90. The van der Waals surface area contributed by atoms with Crippen LogP contribution in [0.15, 0.2) is 16.8 Å². The maximum absolute atomic E-state index is 12.6. The van der Waals surface area contributed by atoms with Crippen molar-refractivity contribution in [2.45, 2.75) is 52.1 Å². The van der Waals surface area contributed by atoms with Gasteiger partial charge in [-0.1, -0.05) is 13.8 Å². The maximum Gasteiger partial charge on any atom is 0.255 e. The first-order valence-corrected chi connectivity index (χ1v) is 11.0. The lowest BCUT2D eigenvalue weighted by molar-refractivity contribution is -0.133. The summed E-state index contributed by atoms with van der Waals surface area (Å²) in [7, 11) is 0. The lowest BCUT2D eigenvalue weighted by Crippen LogP contribution is -2.40. The Labute approximate surface area is 169 Å². The number of hydrogen-bond acceptors (Lipinski definition) is 5. The van der Waals surface area contributed by atoms with Crippen molar-refractivity contribution in [3.05, 3.63) is 34.0 Å². The van der Waals surface area contributed by atoms with E-state index in [-0.39, 0.29) is 11.8 Å². The van der Waals surface area contributed by atoms with Crippen molar-refractivity contribution in [2.75, 3.05) is 19.6 Å². The molecule has 2 aromatic rings. The normalized spacial score (nSPS) is 17.8. The monoisotopic (exact) mass is 401 g/mol. The average molecular weight is 402 g/mol. The van der Waals surface area contributed by atoms with Gasteiger partial charge in [-0.2, -0.15) is 11.3 Å². The minimum Gasteiger partial charge on any atom is -0.343 e. The Balaban J connectivity index is 1.39. The molecule has 0 N–H and O–H groups in total. The first-order chi connectivity index (χ1) is 13.5. The molecule has 1 saturated heterocycles. The third kappa shape index (κ3) is 3.83. The number of thiophene rings is 1. The topological polar surface area (TPSA) is 71.3 Å². The van der Waals surface area contributed by atoms with Crippen LogP contribution in [-0.4, -0.2) is 56.0 Å². The van der Waals surface area contributed by atoms with Gasteiger partial charge in [0.15, 0.2) is 5.82 Å². The van der Waals surface area contributed by atoms with Gasteiger partial charge in [-0.05, 0) is 30.2 Å². The minimum atomic E-state index is 0.0639. The summed E-state index contributed by atoms with van der Waals surface area (Å²) in [4.78, 5) is 28.7. The van der Waals surface area contributed by atoms with Crippen LogP contribution >= 0.6 is 11.3 Å². The first kappa shape index (κ1) is 19.1. The fourth-order valence-electron chi connectivity index (χ4n) is 4.09. The molecule has 2 aliphatic rings. The maximum atomic E-state index is 12.6. The minimum absolute atomic E-state index is 0.0639. The number of fused-ring (bicyclic) bond motifs is 1. The van der Waals surface area contributed by atoms with Crippen LogP contribution in [0, 0.1) is 5.92 Å². The van der Waals surface area contributed by atoms with Gasteiger partial charge in [-0.3, -0.25) is 9.59 Å². The fourth-order valence-corrected chi connectivity index (χ4v) is 4.72. The van der Waals surface area contributed by atoms with Crippen molar-refractivity contribution in [1.29, 1.82) is 0 Å². The molecule has 2 aromatic heterocycles. The van der Waals surface area contributed by atoms with Gasteiger partial charge in [0.05, 0.1) is 12.1 Å². The van der Waals surface area contributed by atoms with E-state index in [4.69, 9.17) is 0 Å². The first-order valence-electron chi connectivity index (χ1n) is 10.0. The van der Waals surface area contributed by atoms with Gasteiger partial charge in [0.1, 0.15) is 5.82 Å². The summed E-state index contributed by atoms with van der Waals surface area (Å²) in [6, 6.07) is 1.87. The van der Waals surface area contributed by atoms with Gasteiger partial charge in [-0.15, -0.1) is 10.2 Å². The summed E-state index contributed by atoms with van der Waals surface area (Å²) in [5.74, 6) is 2.95. The zero-order chi connectivity index (χ0) is 19.7. The molecule has 0 aromatic carbocycles. The van der Waals surface area contributed by atoms with Crippen molar-refractivity contribution >= 4 is 23.2 Å². The molecule has 0 saturated carbocycles. The van der Waals surface area contributed by atoms with Crippen LogP contribution in [0.5, 0.6) is 0 Å². The van der Waals surface area contributed by atoms with E-state index >= 15 is 0 Å². The fraction of sp³-hybridized carbons (Fsp3) is 0.600. The van der Waals surface area contributed by atoms with Gasteiger partial charge >= 0.3 is 0 Å². The zero-order valence-corrected chi connectivity index (χ0v) is 17.3. The quantitative estimate of drug-likeness (QED) is 0.790. The van der Waals surface area contributed by atoms with E-state index < -0.39 is 0 Å². The average Bonchev–Trinajstić information content (AvgIpc) is 3.36. The second kappa shape index (κ2) is 8.03. The number of amides is 2. The molecule has 0 spiro atoms. The lowest BCUT2D eigenvalue weighted by atomic mass is 9.95. The summed E-state index contributed by atoms with van der Waals surface area (Å²) in [5, 5.41) is 12.7. The van der Waals surface area contributed by atoms with E-state index in [0.29, 0.717) is 31.3 Å². The number of rotatable bonds is 4. The van der Waals surface area contributed by atoms with Gasteiger partial charge in [0.2, 0.25) is 5.91 Å². The standard InChI is InChI=1S/C20H27N5O2S/c1-14(2)11-18(26)23-6-3-15(4-7-23)19-22-21-17-12-24(8-9-25(17)19)20(27)16-5-10-28-13-16/h5,10,13-15H,3-4,6-9,11-12H2,1-2H3. The summed E-state index contributed by atoms with van der Waals surface area (Å²) >= 11 is 1.54. The third-order valence-electron chi connectivity index (χ3n) is 5.63. The summed E-state index contributed by atoms with van der Waals surface area (Å²) in [5.41, 5.74) is 0.747. The predicted molar refractivity (Wildman–Crippen MR) is 107 cm³/mol. The summed E-state index contributed by atoms with van der Waals surface area (Å²) < 4.78 is 2.19. The predicted octanol–water partition coefficient (Wildman–Crippen LogP) is 2.75. The molecule has 0 bridgehead atoms. The number of nitrogens with zero attached hydrogens (tertiary/aromatic N) is 5. The molecule has 4 rings (SSSR count). The number of piperidine rings is 1. The number of carbonyl (C=O) groups excluding carboxylic acids is 2. The van der Waals surface area contributed by atoms with Crippen LogP contribution < -0.4 is 0 Å². The van der Waals surface area contributed by atoms with Crippen LogP contribution in [0.1, 0.15) is 61.0 Å². The molecular weight excluding hydrogens is 374 g/mol. The molecule has 0 radical (unpaired) electrons. The van der Waals surface area contributed by atoms with E-state index in [1.165, 1.54) is 11.3 Å². The highest BCUT2D eigenvalue weighted by Gasteiger charge is 2.31. The van der Waals surface area contributed by atoms with Crippen molar-refractivity contribution in [1.82, 2.24) is 24.6 Å². The Kier molecular flexibility index (Phi) is 5.48. The lowest BCUT2D eigenvalue weighted by Gasteiger charge is -2.33. The molecule has 4 heterocycles. The highest BCUT2D eigenvalue weighted by molar-refractivity contribution is 7.08. The van der Waals surface area contributed by atoms with Crippen LogP contribution in [0.25, 0.3) is 0 Å². The molecular formula is C20H27N5O2S. The Morgan fingerprint density at radius 1 is 1.14 bits per heavy atom. The molecule has 8 heteroatoms. The molecule has 0 unspecified atom stereocenters. The molecule has 7 nitrogen and oxygen atoms in total. The third-order valence-corrected chi connectivity index (χ3v) is 6.32. The Bertz CT molecular complexity index is 837. The highest BCUT2D eigenvalue weighted by atomic mass is 32.1. The molecule has 2 aliphatic heterocycles. The van der Waals surface area contributed by atoms with Crippen LogP contribution in [-0.2, 0) is 17.9 Å². The Morgan fingerprint density at radius 3 is 2.61 bits per heavy atom. The molecule has 150 valence electrons. The number of aromatic nitrogens is 3. The molecule has 0 aliphatic carbocycles. The Hall–Kier alpha value is -2.22. The van der Waals surface area contributed by atoms with Crippen LogP contribution in [0.3, 0.4) is 0 Å². The van der Waals surface area contributed by atoms with Crippen molar-refractivity contribution in [3.8, 4) is 0 Å². The van der Waals surface area contributed by atoms with Crippen LogP contribution in [0.4, 0.5) is 0 Å². The SMILES string of the molecule is CC(C)CC(=O)N1CCC(c2nnc3n2CCN(C(=O)c2ccsc2)C3)CC1. The van der Waals surface area contributed by atoms with E-state index in [0.717, 1.165) is 49.7 Å². The number of likely N-dealkylation sites (tertiary alicyclic amines) is 1. The molecule has 28 heavy (non-hydrogen) atoms. The largest absolute Gasteiger partial charge is 0.343 e. The van der Waals surface area contributed by atoms with Gasteiger partial charge < -0.3 is 14.4 Å². The number of carbonyl (C=O) groups is 2. The van der Waals surface area contributed by atoms with Crippen molar-refractivity contribution in [2.24, 2.45) is 5.92 Å². The second-order valence-electron chi connectivity index (χ2n) is 8.12. The Morgan fingerprint density at radius 2 is 1.93 bits per heavy atom. The summed E-state index contributed by atoms with van der Waals surface area (Å²) in [6.45, 7) is 7.67. The highest BCUT2D eigenvalue weighted by Crippen LogP contribution is 2.29. The molecule has 2 amide bonds. The molecule has 0 atom stereocenters. The van der Waals surface area contributed by atoms with Gasteiger partial charge in [-0.25, -0.2) is 0 Å². The number of hydrogen-bond donors (Lipinski definition) is 0.